The number of amides is 3. The highest BCUT2D eigenvalue weighted by Gasteiger charge is 2.39. The summed E-state index contributed by atoms with van der Waals surface area (Å²) >= 11 is 0.736. The Bertz CT molecular complexity index is 1230. The molecule has 0 fully saturated rings. The molecule has 3 aromatic rings. The van der Waals surface area contributed by atoms with Crippen LogP contribution >= 0.6 is 11.5 Å². The first-order valence-electron chi connectivity index (χ1n) is 10.9. The van der Waals surface area contributed by atoms with Crippen LogP contribution in [0.4, 0.5) is 11.4 Å². The van der Waals surface area contributed by atoms with Crippen molar-refractivity contribution in [2.45, 2.75) is 45.7 Å². The third kappa shape index (κ3) is 5.46. The number of furan rings is 1. The van der Waals surface area contributed by atoms with Gasteiger partial charge in [-0.3, -0.25) is 19.3 Å². The smallest absolute Gasteiger partial charge is 0.273 e. The van der Waals surface area contributed by atoms with Crippen LogP contribution in [0.25, 0.3) is 0 Å². The van der Waals surface area contributed by atoms with Crippen molar-refractivity contribution in [2.75, 3.05) is 17.7 Å². The molecule has 10 nitrogen and oxygen atoms in total. The van der Waals surface area contributed by atoms with E-state index in [0.29, 0.717) is 23.6 Å². The summed E-state index contributed by atoms with van der Waals surface area (Å²) in [7, 11) is 1.52. The van der Waals surface area contributed by atoms with E-state index in [1.807, 2.05) is 20.8 Å². The molecule has 2 aromatic heterocycles. The molecule has 1 atom stereocenters. The number of aromatic nitrogens is 1. The number of primary amides is 1. The molecule has 3 rings (SSSR count). The van der Waals surface area contributed by atoms with Crippen molar-refractivity contribution in [3.63, 3.8) is 0 Å². The van der Waals surface area contributed by atoms with Crippen LogP contribution < -0.4 is 26.4 Å². The summed E-state index contributed by atoms with van der Waals surface area (Å²) in [5.41, 5.74) is 10.9. The van der Waals surface area contributed by atoms with Gasteiger partial charge in [0.25, 0.3) is 17.7 Å². The van der Waals surface area contributed by atoms with Crippen molar-refractivity contribution in [1.29, 1.82) is 0 Å². The molecule has 0 unspecified atom stereocenters. The first kappa shape index (κ1) is 25.8. The molecular formula is C24H29N5O5S. The van der Waals surface area contributed by atoms with Gasteiger partial charge in [0.2, 0.25) is 0 Å². The quantitative estimate of drug-likeness (QED) is 0.407. The van der Waals surface area contributed by atoms with Gasteiger partial charge in [0.05, 0.1) is 12.8 Å². The minimum Gasteiger partial charge on any atom is -0.497 e. The number of benzene rings is 1. The van der Waals surface area contributed by atoms with Gasteiger partial charge in [-0.05, 0) is 75.1 Å². The fourth-order valence-electron chi connectivity index (χ4n) is 3.33. The number of nitrogens with two attached hydrogens (primary N) is 2. The molecule has 0 saturated carbocycles. The van der Waals surface area contributed by atoms with E-state index in [-0.39, 0.29) is 22.0 Å². The lowest BCUT2D eigenvalue weighted by Crippen LogP contribution is -2.50. The van der Waals surface area contributed by atoms with Crippen molar-refractivity contribution in [2.24, 2.45) is 5.73 Å². The maximum atomic E-state index is 13.9. The van der Waals surface area contributed by atoms with Gasteiger partial charge in [0, 0.05) is 11.2 Å². The first-order chi connectivity index (χ1) is 16.5. The first-order valence-corrected chi connectivity index (χ1v) is 11.7. The summed E-state index contributed by atoms with van der Waals surface area (Å²) in [5.74, 6) is -0.544. The fraction of sp³-hybridized carbons (Fsp3) is 0.333. The van der Waals surface area contributed by atoms with E-state index in [1.54, 1.807) is 43.3 Å². The van der Waals surface area contributed by atoms with Gasteiger partial charge in [0.15, 0.2) is 11.7 Å². The lowest BCUT2D eigenvalue weighted by Gasteiger charge is -2.33. The van der Waals surface area contributed by atoms with Crippen LogP contribution in [-0.2, 0) is 4.79 Å². The summed E-state index contributed by atoms with van der Waals surface area (Å²) in [6, 6.07) is 8.79. The molecule has 5 N–H and O–H groups in total. The standard InChI is InChI=1S/C24H29N5O5S/c1-6-24(3,4)27-22(31)19(16-12-7-13(2)34-16)29(14-8-10-15(33-5)11-9-14)23(32)20-17(25)18(21(26)30)28-35-20/h7-12,19H,6,25H2,1-5H3,(H2,26,30)(H,27,31)/t19-/m1/s1. The van der Waals surface area contributed by atoms with Crippen LogP contribution in [0.3, 0.4) is 0 Å². The number of anilines is 2. The number of rotatable bonds is 9. The van der Waals surface area contributed by atoms with E-state index in [0.717, 1.165) is 11.5 Å². The lowest BCUT2D eigenvalue weighted by atomic mass is 10.0. The number of ether oxygens (including phenoxy) is 1. The van der Waals surface area contributed by atoms with Crippen molar-refractivity contribution in [3.8, 4) is 5.75 Å². The Morgan fingerprint density at radius 1 is 1.20 bits per heavy atom. The Morgan fingerprint density at radius 2 is 1.86 bits per heavy atom. The van der Waals surface area contributed by atoms with E-state index in [1.165, 1.54) is 12.0 Å². The average molecular weight is 500 g/mol. The number of nitrogens with one attached hydrogen (secondary N) is 1. The Balaban J connectivity index is 2.20. The van der Waals surface area contributed by atoms with Gasteiger partial charge < -0.3 is 25.9 Å². The largest absolute Gasteiger partial charge is 0.497 e. The van der Waals surface area contributed by atoms with Crippen LogP contribution in [0.5, 0.6) is 5.75 Å². The van der Waals surface area contributed by atoms with E-state index < -0.39 is 29.3 Å². The highest BCUT2D eigenvalue weighted by atomic mass is 32.1. The van der Waals surface area contributed by atoms with Crippen molar-refractivity contribution >= 4 is 40.6 Å². The maximum absolute atomic E-state index is 13.9. The Hall–Kier alpha value is -3.86. The second-order valence-corrected chi connectivity index (χ2v) is 9.36. The van der Waals surface area contributed by atoms with E-state index >= 15 is 0 Å². The molecule has 0 saturated heterocycles. The number of methoxy groups -OCH3 is 1. The average Bonchev–Trinajstić information content (AvgIpc) is 3.42. The third-order valence-corrected chi connectivity index (χ3v) is 6.46. The molecule has 186 valence electrons. The molecular weight excluding hydrogens is 470 g/mol. The fourth-order valence-corrected chi connectivity index (χ4v) is 4.07. The second kappa shape index (κ2) is 10.2. The molecule has 0 aliphatic rings. The van der Waals surface area contributed by atoms with Crippen LogP contribution in [0, 0.1) is 6.92 Å². The van der Waals surface area contributed by atoms with Crippen molar-refractivity contribution in [1.82, 2.24) is 9.69 Å². The summed E-state index contributed by atoms with van der Waals surface area (Å²) in [5, 5.41) is 3.00. The minimum atomic E-state index is -1.19. The summed E-state index contributed by atoms with van der Waals surface area (Å²) in [6.07, 6.45) is 0.656. The molecule has 0 radical (unpaired) electrons. The summed E-state index contributed by atoms with van der Waals surface area (Å²) < 4.78 is 15.0. The Labute approximate surface area is 207 Å². The molecule has 1 aromatic carbocycles. The SMILES string of the molecule is CCC(C)(C)NC(=O)[C@@H](c1ccc(C)o1)N(C(=O)c1snc(C(N)=O)c1N)c1ccc(OC)cc1. The van der Waals surface area contributed by atoms with Crippen LogP contribution in [0.15, 0.2) is 40.8 Å². The van der Waals surface area contributed by atoms with Gasteiger partial charge in [-0.2, -0.15) is 4.37 Å². The van der Waals surface area contributed by atoms with Crippen LogP contribution in [0.2, 0.25) is 0 Å². The van der Waals surface area contributed by atoms with Gasteiger partial charge >= 0.3 is 0 Å². The van der Waals surface area contributed by atoms with E-state index in [9.17, 15) is 14.4 Å². The van der Waals surface area contributed by atoms with E-state index in [4.69, 9.17) is 20.6 Å². The predicted octanol–water partition coefficient (Wildman–Crippen LogP) is 3.43. The van der Waals surface area contributed by atoms with Gasteiger partial charge in [-0.1, -0.05) is 6.92 Å². The van der Waals surface area contributed by atoms with Crippen molar-refractivity contribution in [3.05, 3.63) is 58.5 Å². The van der Waals surface area contributed by atoms with Crippen LogP contribution in [-0.4, -0.2) is 34.7 Å². The number of carbonyl (C=O) groups is 3. The number of aryl methyl sites for hydroxylation is 1. The van der Waals surface area contributed by atoms with E-state index in [2.05, 4.69) is 9.69 Å². The number of nitrogens with zero attached hydrogens (tertiary/aromatic N) is 2. The highest BCUT2D eigenvalue weighted by molar-refractivity contribution is 7.09. The van der Waals surface area contributed by atoms with Gasteiger partial charge in [-0.25, -0.2) is 0 Å². The highest BCUT2D eigenvalue weighted by Crippen LogP contribution is 2.35. The number of carbonyl (C=O) groups excluding carboxylic acids is 3. The van der Waals surface area contributed by atoms with Crippen molar-refractivity contribution < 1.29 is 23.5 Å². The lowest BCUT2D eigenvalue weighted by molar-refractivity contribution is -0.124. The zero-order valence-corrected chi connectivity index (χ0v) is 21.1. The Morgan fingerprint density at radius 3 is 2.34 bits per heavy atom. The minimum absolute atomic E-state index is 0.0227. The molecule has 0 spiro atoms. The zero-order chi connectivity index (χ0) is 25.9. The number of hydrogen-bond acceptors (Lipinski definition) is 8. The molecule has 0 aliphatic heterocycles. The number of nitrogen functional groups attached to an aromatic ring is 1. The molecule has 0 aliphatic carbocycles. The molecule has 0 bridgehead atoms. The van der Waals surface area contributed by atoms with Crippen LogP contribution in [0.1, 0.15) is 64.9 Å². The predicted molar refractivity (Wildman–Crippen MR) is 134 cm³/mol. The monoisotopic (exact) mass is 499 g/mol. The summed E-state index contributed by atoms with van der Waals surface area (Å²) in [4.78, 5) is 40.6. The third-order valence-electron chi connectivity index (χ3n) is 5.61. The van der Waals surface area contributed by atoms with Gasteiger partial charge in [0.1, 0.15) is 22.1 Å². The molecule has 11 heteroatoms. The topological polar surface area (TPSA) is 154 Å². The molecule has 35 heavy (non-hydrogen) atoms. The number of hydrogen-bond donors (Lipinski definition) is 3. The maximum Gasteiger partial charge on any atom is 0.273 e. The molecule has 2 heterocycles. The normalized spacial score (nSPS) is 12.1. The van der Waals surface area contributed by atoms with Gasteiger partial charge in [-0.15, -0.1) is 0 Å². The second-order valence-electron chi connectivity index (χ2n) is 8.59. The zero-order valence-electron chi connectivity index (χ0n) is 20.2. The molecule has 3 amide bonds. The summed E-state index contributed by atoms with van der Waals surface area (Å²) in [6.45, 7) is 7.46. The Kier molecular flexibility index (Phi) is 7.49.